The van der Waals surface area contributed by atoms with Crippen molar-refractivity contribution in [1.82, 2.24) is 5.32 Å². The molecule has 0 amide bonds. The van der Waals surface area contributed by atoms with Gasteiger partial charge in [0, 0.05) is 21.5 Å². The van der Waals surface area contributed by atoms with Crippen LogP contribution in [0.3, 0.4) is 0 Å². The Balaban J connectivity index is 1.81. The molecule has 1 N–H and O–H groups in total. The van der Waals surface area contributed by atoms with Crippen LogP contribution in [0.5, 0.6) is 0 Å². The number of benzene rings is 1. The standard InChI is InChI=1S/C15H22BrNS/c1-17-14(11-18-15-7-2-3-8-15)10-12-5-4-6-13(16)9-12/h4-6,9,14-15,17H,2-3,7-8,10-11H2,1H3. The van der Waals surface area contributed by atoms with Crippen LogP contribution >= 0.6 is 27.7 Å². The number of hydrogen-bond acceptors (Lipinski definition) is 2. The molecular weight excluding hydrogens is 306 g/mol. The fourth-order valence-corrected chi connectivity index (χ4v) is 4.40. The molecule has 1 aromatic carbocycles. The van der Waals surface area contributed by atoms with Gasteiger partial charge in [-0.25, -0.2) is 0 Å². The maximum absolute atomic E-state index is 3.54. The van der Waals surface area contributed by atoms with Crippen molar-refractivity contribution >= 4 is 27.7 Å². The number of halogens is 1. The molecule has 1 unspecified atom stereocenters. The first-order valence-corrected chi connectivity index (χ1v) is 8.65. The molecule has 3 heteroatoms. The second-order valence-electron chi connectivity index (χ2n) is 5.06. The lowest BCUT2D eigenvalue weighted by Gasteiger charge is -2.18. The summed E-state index contributed by atoms with van der Waals surface area (Å²) >= 11 is 5.71. The van der Waals surface area contributed by atoms with Crippen molar-refractivity contribution in [1.29, 1.82) is 0 Å². The molecule has 0 bridgehead atoms. The minimum atomic E-state index is 0.588. The summed E-state index contributed by atoms with van der Waals surface area (Å²) in [5.41, 5.74) is 1.41. The second-order valence-corrected chi connectivity index (χ2v) is 7.31. The van der Waals surface area contributed by atoms with Crippen molar-refractivity contribution < 1.29 is 0 Å². The van der Waals surface area contributed by atoms with Crippen LogP contribution in [0.1, 0.15) is 31.2 Å². The molecule has 0 spiro atoms. The molecule has 18 heavy (non-hydrogen) atoms. The highest BCUT2D eigenvalue weighted by atomic mass is 79.9. The van der Waals surface area contributed by atoms with Gasteiger partial charge in [0.15, 0.2) is 0 Å². The highest BCUT2D eigenvalue weighted by Gasteiger charge is 2.17. The average molecular weight is 328 g/mol. The third-order valence-electron chi connectivity index (χ3n) is 3.61. The maximum Gasteiger partial charge on any atom is 0.0195 e. The zero-order chi connectivity index (χ0) is 12.8. The third kappa shape index (κ3) is 4.60. The molecule has 1 nitrogen and oxygen atoms in total. The number of thioether (sulfide) groups is 1. The SMILES string of the molecule is CNC(CSC1CCCC1)Cc1cccc(Br)c1. The molecule has 0 radical (unpaired) electrons. The lowest BCUT2D eigenvalue weighted by atomic mass is 10.1. The number of rotatable bonds is 6. The van der Waals surface area contributed by atoms with E-state index in [1.165, 1.54) is 41.5 Å². The van der Waals surface area contributed by atoms with Crippen LogP contribution in [0.2, 0.25) is 0 Å². The van der Waals surface area contributed by atoms with Crippen molar-refractivity contribution in [3.63, 3.8) is 0 Å². The van der Waals surface area contributed by atoms with Gasteiger partial charge < -0.3 is 5.32 Å². The second kappa shape index (κ2) is 7.56. The van der Waals surface area contributed by atoms with E-state index in [0.717, 1.165) is 11.7 Å². The molecule has 100 valence electrons. The Hall–Kier alpha value is 0.01000. The molecule has 1 aliphatic carbocycles. The van der Waals surface area contributed by atoms with Gasteiger partial charge in [-0.05, 0) is 44.0 Å². The number of hydrogen-bond donors (Lipinski definition) is 1. The summed E-state index contributed by atoms with van der Waals surface area (Å²) in [5, 5.41) is 4.38. The Bertz CT molecular complexity index is 363. The molecule has 1 atom stereocenters. The van der Waals surface area contributed by atoms with Crippen LogP contribution in [0.4, 0.5) is 0 Å². The fourth-order valence-electron chi connectivity index (χ4n) is 2.50. The monoisotopic (exact) mass is 327 g/mol. The average Bonchev–Trinajstić information content (AvgIpc) is 2.87. The van der Waals surface area contributed by atoms with E-state index in [1.54, 1.807) is 0 Å². The van der Waals surface area contributed by atoms with Crippen molar-refractivity contribution in [2.75, 3.05) is 12.8 Å². The highest BCUT2D eigenvalue weighted by Crippen LogP contribution is 2.30. The lowest BCUT2D eigenvalue weighted by molar-refractivity contribution is 0.615. The van der Waals surface area contributed by atoms with Crippen LogP contribution in [-0.2, 0) is 6.42 Å². The minimum Gasteiger partial charge on any atom is -0.316 e. The highest BCUT2D eigenvalue weighted by molar-refractivity contribution is 9.10. The van der Waals surface area contributed by atoms with Gasteiger partial charge in [-0.2, -0.15) is 11.8 Å². The van der Waals surface area contributed by atoms with Gasteiger partial charge in [0.05, 0.1) is 0 Å². The van der Waals surface area contributed by atoms with Crippen molar-refractivity contribution in [2.45, 2.75) is 43.4 Å². The molecular formula is C15H22BrNS. The Morgan fingerprint density at radius 2 is 2.17 bits per heavy atom. The molecule has 0 aliphatic heterocycles. The summed E-state index contributed by atoms with van der Waals surface area (Å²) in [4.78, 5) is 0. The molecule has 0 aromatic heterocycles. The number of likely N-dealkylation sites (N-methyl/N-ethyl adjacent to an activating group) is 1. The maximum atomic E-state index is 3.54. The van der Waals surface area contributed by atoms with Gasteiger partial charge in [-0.1, -0.05) is 40.9 Å². The molecule has 1 saturated carbocycles. The largest absolute Gasteiger partial charge is 0.316 e. The summed E-state index contributed by atoms with van der Waals surface area (Å²) in [6.07, 6.45) is 6.85. The van der Waals surface area contributed by atoms with E-state index in [0.29, 0.717) is 6.04 Å². The van der Waals surface area contributed by atoms with Crippen molar-refractivity contribution in [3.8, 4) is 0 Å². The predicted molar refractivity (Wildman–Crippen MR) is 85.4 cm³/mol. The first-order chi connectivity index (χ1) is 8.78. The van der Waals surface area contributed by atoms with Crippen molar-refractivity contribution in [2.24, 2.45) is 0 Å². The third-order valence-corrected chi connectivity index (χ3v) is 5.65. The van der Waals surface area contributed by atoms with E-state index in [1.807, 2.05) is 0 Å². The van der Waals surface area contributed by atoms with Crippen LogP contribution in [-0.4, -0.2) is 24.1 Å². The van der Waals surface area contributed by atoms with E-state index < -0.39 is 0 Å². The van der Waals surface area contributed by atoms with Gasteiger partial charge in [0.25, 0.3) is 0 Å². The van der Waals surface area contributed by atoms with Crippen LogP contribution < -0.4 is 5.32 Å². The van der Waals surface area contributed by atoms with E-state index in [-0.39, 0.29) is 0 Å². The molecule has 0 saturated heterocycles. The van der Waals surface area contributed by atoms with E-state index >= 15 is 0 Å². The summed E-state index contributed by atoms with van der Waals surface area (Å²) < 4.78 is 1.18. The molecule has 2 rings (SSSR count). The normalized spacial score (nSPS) is 18.1. The molecule has 1 aromatic rings. The van der Waals surface area contributed by atoms with Crippen LogP contribution in [0.25, 0.3) is 0 Å². The summed E-state index contributed by atoms with van der Waals surface area (Å²) in [6, 6.07) is 9.24. The summed E-state index contributed by atoms with van der Waals surface area (Å²) in [6.45, 7) is 0. The lowest BCUT2D eigenvalue weighted by Crippen LogP contribution is -2.30. The Morgan fingerprint density at radius 3 is 2.83 bits per heavy atom. The van der Waals surface area contributed by atoms with E-state index in [9.17, 15) is 0 Å². The Labute approximate surface area is 123 Å². The Kier molecular flexibility index (Phi) is 6.06. The van der Waals surface area contributed by atoms with Gasteiger partial charge in [0.1, 0.15) is 0 Å². The smallest absolute Gasteiger partial charge is 0.0195 e. The van der Waals surface area contributed by atoms with Gasteiger partial charge >= 0.3 is 0 Å². The van der Waals surface area contributed by atoms with Crippen molar-refractivity contribution in [3.05, 3.63) is 34.3 Å². The van der Waals surface area contributed by atoms with Crippen LogP contribution in [0.15, 0.2) is 28.7 Å². The zero-order valence-corrected chi connectivity index (χ0v) is 13.4. The summed E-state index contributed by atoms with van der Waals surface area (Å²) in [7, 11) is 2.08. The molecule has 1 aliphatic rings. The molecule has 0 heterocycles. The predicted octanol–water partition coefficient (Wildman–Crippen LogP) is 4.26. The minimum absolute atomic E-state index is 0.588. The van der Waals surface area contributed by atoms with E-state index in [4.69, 9.17) is 0 Å². The first kappa shape index (κ1) is 14.4. The first-order valence-electron chi connectivity index (χ1n) is 6.81. The van der Waals surface area contributed by atoms with Crippen LogP contribution in [0, 0.1) is 0 Å². The van der Waals surface area contributed by atoms with Gasteiger partial charge in [0.2, 0.25) is 0 Å². The van der Waals surface area contributed by atoms with E-state index in [2.05, 4.69) is 64.3 Å². The zero-order valence-electron chi connectivity index (χ0n) is 11.0. The van der Waals surface area contributed by atoms with Gasteiger partial charge in [-0.3, -0.25) is 0 Å². The number of nitrogens with one attached hydrogen (secondary N) is 1. The fraction of sp³-hybridized carbons (Fsp3) is 0.600. The molecule has 1 fully saturated rings. The quantitative estimate of drug-likeness (QED) is 0.838. The summed E-state index contributed by atoms with van der Waals surface area (Å²) in [5.74, 6) is 1.23. The topological polar surface area (TPSA) is 12.0 Å². The van der Waals surface area contributed by atoms with Gasteiger partial charge in [-0.15, -0.1) is 0 Å². The Morgan fingerprint density at radius 1 is 1.39 bits per heavy atom.